The van der Waals surface area contributed by atoms with E-state index in [1.54, 1.807) is 20.1 Å². The van der Waals surface area contributed by atoms with Crippen LogP contribution in [-0.4, -0.2) is 30.9 Å². The molecule has 5 heteroatoms. The molecule has 0 spiro atoms. The van der Waals surface area contributed by atoms with Gasteiger partial charge in [-0.1, -0.05) is 6.07 Å². The van der Waals surface area contributed by atoms with Gasteiger partial charge in [0.15, 0.2) is 5.79 Å². The van der Waals surface area contributed by atoms with Crippen LogP contribution in [-0.2, 0) is 9.47 Å². The van der Waals surface area contributed by atoms with Gasteiger partial charge < -0.3 is 14.8 Å². The first kappa shape index (κ1) is 14.5. The molecule has 1 amide bonds. The van der Waals surface area contributed by atoms with Crippen LogP contribution in [0.2, 0.25) is 0 Å². The van der Waals surface area contributed by atoms with E-state index in [-0.39, 0.29) is 5.91 Å². The fourth-order valence-corrected chi connectivity index (χ4v) is 3.67. The molecule has 0 aromatic heterocycles. The van der Waals surface area contributed by atoms with Crippen LogP contribution in [0.15, 0.2) is 18.2 Å². The summed E-state index contributed by atoms with van der Waals surface area (Å²) >= 11 is 0. The lowest BCUT2D eigenvalue weighted by Crippen LogP contribution is -2.59. The van der Waals surface area contributed by atoms with Crippen LogP contribution in [0.5, 0.6) is 0 Å². The lowest BCUT2D eigenvalue weighted by molar-refractivity contribution is -0.214. The van der Waals surface area contributed by atoms with E-state index in [9.17, 15) is 9.18 Å². The van der Waals surface area contributed by atoms with Crippen molar-refractivity contribution in [3.63, 3.8) is 0 Å². The minimum Gasteiger partial charge on any atom is -0.351 e. The Morgan fingerprint density at radius 1 is 1.38 bits per heavy atom. The van der Waals surface area contributed by atoms with Crippen LogP contribution in [0.25, 0.3) is 0 Å². The highest BCUT2D eigenvalue weighted by Crippen LogP contribution is 2.49. The number of hydrogen-bond acceptors (Lipinski definition) is 3. The summed E-state index contributed by atoms with van der Waals surface area (Å²) < 4.78 is 24.8. The molecule has 2 fully saturated rings. The number of halogens is 1. The Hall–Kier alpha value is -1.46. The average Bonchev–Trinajstić information content (AvgIpc) is 2.96. The van der Waals surface area contributed by atoms with Gasteiger partial charge in [0.1, 0.15) is 5.82 Å². The molecule has 4 nitrogen and oxygen atoms in total. The fraction of sp³-hybridized carbons (Fsp3) is 0.562. The van der Waals surface area contributed by atoms with Crippen LogP contribution in [0.4, 0.5) is 4.39 Å². The van der Waals surface area contributed by atoms with E-state index in [1.165, 1.54) is 12.1 Å². The first-order valence-electron chi connectivity index (χ1n) is 7.30. The normalized spacial score (nSPS) is 31.2. The van der Waals surface area contributed by atoms with Crippen LogP contribution in [0.3, 0.4) is 0 Å². The number of ether oxygens (including phenoxy) is 2. The predicted molar refractivity (Wildman–Crippen MR) is 75.5 cm³/mol. The van der Waals surface area contributed by atoms with Crippen molar-refractivity contribution in [1.82, 2.24) is 5.32 Å². The molecular formula is C16H20FNO3. The van der Waals surface area contributed by atoms with Gasteiger partial charge in [0.25, 0.3) is 5.91 Å². The van der Waals surface area contributed by atoms with Crippen LogP contribution in [0, 0.1) is 12.7 Å². The number of aryl methyl sites for hydroxylation is 1. The van der Waals surface area contributed by atoms with E-state index in [1.807, 2.05) is 0 Å². The number of nitrogens with one attached hydrogen (secondary N) is 1. The quantitative estimate of drug-likeness (QED) is 0.931. The second-order valence-corrected chi connectivity index (χ2v) is 5.90. The molecule has 1 N–H and O–H groups in total. The molecule has 1 heterocycles. The van der Waals surface area contributed by atoms with Crippen molar-refractivity contribution in [1.29, 1.82) is 0 Å². The van der Waals surface area contributed by atoms with E-state index in [2.05, 4.69) is 5.32 Å². The van der Waals surface area contributed by atoms with Crippen molar-refractivity contribution in [3.05, 3.63) is 35.1 Å². The number of methoxy groups -OCH3 is 1. The first-order valence-corrected chi connectivity index (χ1v) is 7.30. The van der Waals surface area contributed by atoms with Gasteiger partial charge >= 0.3 is 0 Å². The molecule has 0 bridgehead atoms. The summed E-state index contributed by atoms with van der Waals surface area (Å²) in [6.45, 7) is 2.37. The van der Waals surface area contributed by atoms with E-state index >= 15 is 0 Å². The molecule has 21 heavy (non-hydrogen) atoms. The summed E-state index contributed by atoms with van der Waals surface area (Å²) in [4.78, 5) is 12.6. The molecule has 1 aromatic rings. The zero-order valence-corrected chi connectivity index (χ0v) is 12.4. The molecule has 1 aliphatic carbocycles. The Balaban J connectivity index is 1.89. The van der Waals surface area contributed by atoms with Gasteiger partial charge in [-0.2, -0.15) is 0 Å². The van der Waals surface area contributed by atoms with Crippen molar-refractivity contribution in [2.75, 3.05) is 13.7 Å². The van der Waals surface area contributed by atoms with E-state index in [0.29, 0.717) is 12.2 Å². The van der Waals surface area contributed by atoms with Gasteiger partial charge in [-0.25, -0.2) is 4.39 Å². The van der Waals surface area contributed by atoms with Gasteiger partial charge in [-0.15, -0.1) is 0 Å². The monoisotopic (exact) mass is 293 g/mol. The summed E-state index contributed by atoms with van der Waals surface area (Å²) in [5.74, 6) is -1.40. The third-order valence-corrected chi connectivity index (χ3v) is 4.83. The molecule has 0 unspecified atom stereocenters. The highest BCUT2D eigenvalue weighted by Gasteiger charge is 2.61. The van der Waals surface area contributed by atoms with E-state index in [4.69, 9.17) is 9.47 Å². The fourth-order valence-electron chi connectivity index (χ4n) is 3.67. The maximum Gasteiger partial charge on any atom is 0.252 e. The van der Waals surface area contributed by atoms with E-state index in [0.717, 1.165) is 31.2 Å². The lowest BCUT2D eigenvalue weighted by Gasteiger charge is -2.38. The largest absolute Gasteiger partial charge is 0.351 e. The van der Waals surface area contributed by atoms with Crippen molar-refractivity contribution in [3.8, 4) is 0 Å². The Morgan fingerprint density at radius 3 is 2.95 bits per heavy atom. The third-order valence-electron chi connectivity index (χ3n) is 4.83. The number of carbonyl (C=O) groups excluding carboxylic acids is 1. The number of rotatable bonds is 3. The van der Waals surface area contributed by atoms with Gasteiger partial charge in [-0.3, -0.25) is 4.79 Å². The molecular weight excluding hydrogens is 273 g/mol. The van der Waals surface area contributed by atoms with Gasteiger partial charge in [0.05, 0.1) is 12.1 Å². The van der Waals surface area contributed by atoms with Crippen LogP contribution in [0.1, 0.15) is 41.6 Å². The summed E-state index contributed by atoms with van der Waals surface area (Å²) in [7, 11) is 1.62. The van der Waals surface area contributed by atoms with Crippen molar-refractivity contribution in [2.24, 2.45) is 0 Å². The topological polar surface area (TPSA) is 47.6 Å². The summed E-state index contributed by atoms with van der Waals surface area (Å²) in [5, 5.41) is 3.07. The lowest BCUT2D eigenvalue weighted by atomic mass is 9.90. The second-order valence-electron chi connectivity index (χ2n) is 5.90. The Labute approximate surface area is 123 Å². The third kappa shape index (κ3) is 2.15. The standard InChI is InChI=1S/C16H20FNO3/c1-11-4-5-12(17)10-13(11)14(19)18-15-6-3-7-16(15,20-2)21-9-8-15/h4-5,10H,3,6-9H2,1-2H3,(H,18,19)/t15-,16+/m1/s1. The zero-order valence-electron chi connectivity index (χ0n) is 12.4. The molecule has 1 saturated heterocycles. The highest BCUT2D eigenvalue weighted by atomic mass is 19.1. The SMILES string of the molecule is CO[C@]12CCC[C@@]1(NC(=O)c1cc(F)ccc1C)CCO2. The molecule has 1 saturated carbocycles. The number of benzene rings is 1. The van der Waals surface area contributed by atoms with Gasteiger partial charge in [-0.05, 0) is 43.9 Å². The first-order chi connectivity index (χ1) is 10.0. The Morgan fingerprint density at radius 2 is 2.19 bits per heavy atom. The molecule has 2 aliphatic rings. The maximum absolute atomic E-state index is 13.4. The van der Waals surface area contributed by atoms with Crippen molar-refractivity contribution >= 4 is 5.91 Å². The number of amides is 1. The predicted octanol–water partition coefficient (Wildman–Crippen LogP) is 2.55. The smallest absolute Gasteiger partial charge is 0.252 e. The zero-order chi connectivity index (χ0) is 15.1. The molecule has 114 valence electrons. The average molecular weight is 293 g/mol. The molecule has 0 radical (unpaired) electrons. The van der Waals surface area contributed by atoms with Gasteiger partial charge in [0.2, 0.25) is 0 Å². The maximum atomic E-state index is 13.4. The Kier molecular flexibility index (Phi) is 3.50. The van der Waals surface area contributed by atoms with Crippen molar-refractivity contribution in [2.45, 2.75) is 43.9 Å². The number of hydrogen-bond donors (Lipinski definition) is 1. The molecule has 2 atom stereocenters. The molecule has 3 rings (SSSR count). The number of carbonyl (C=O) groups is 1. The summed E-state index contributed by atoms with van der Waals surface area (Å²) in [5.41, 5.74) is 0.621. The molecule has 1 aliphatic heterocycles. The minimum absolute atomic E-state index is 0.263. The summed E-state index contributed by atoms with van der Waals surface area (Å²) in [6, 6.07) is 4.25. The second kappa shape index (κ2) is 5.07. The van der Waals surface area contributed by atoms with Gasteiger partial charge in [0, 0.05) is 19.1 Å². The summed E-state index contributed by atoms with van der Waals surface area (Å²) in [6.07, 6.45) is 3.25. The van der Waals surface area contributed by atoms with Crippen LogP contribution < -0.4 is 5.32 Å². The molecule has 1 aromatic carbocycles. The minimum atomic E-state index is -0.732. The highest BCUT2D eigenvalue weighted by molar-refractivity contribution is 5.96. The number of fused-ring (bicyclic) bond motifs is 1. The Bertz CT molecular complexity index is 563. The van der Waals surface area contributed by atoms with Crippen molar-refractivity contribution < 1.29 is 18.7 Å². The van der Waals surface area contributed by atoms with Crippen LogP contribution >= 0.6 is 0 Å². The van der Waals surface area contributed by atoms with E-state index < -0.39 is 17.1 Å².